The first-order valence-corrected chi connectivity index (χ1v) is 11.7. The Hall–Kier alpha value is -1.84. The maximum atomic E-state index is 13.7. The van der Waals surface area contributed by atoms with Crippen molar-refractivity contribution in [3.05, 3.63) is 65.7 Å². The minimum Gasteiger partial charge on any atom is -0.311 e. The Morgan fingerprint density at radius 3 is 2.33 bits per heavy atom. The smallest absolute Gasteiger partial charge is 0.183 e. The molecule has 2 aromatic carbocycles. The van der Waals surface area contributed by atoms with Gasteiger partial charge in [0.15, 0.2) is 19.7 Å². The molecule has 0 unspecified atom stereocenters. The second-order valence-corrected chi connectivity index (χ2v) is 10.8. The quantitative estimate of drug-likeness (QED) is 0.727. The molecule has 5 nitrogen and oxygen atoms in total. The van der Waals surface area contributed by atoms with Crippen molar-refractivity contribution in [2.75, 3.05) is 18.1 Å². The average Bonchev–Trinajstić information content (AvgIpc) is 2.92. The topological polar surface area (TPSA) is 80.3 Å². The maximum absolute atomic E-state index is 13.7. The van der Waals surface area contributed by atoms with Gasteiger partial charge >= 0.3 is 0 Å². The van der Waals surface area contributed by atoms with E-state index >= 15 is 0 Å². The van der Waals surface area contributed by atoms with Crippen LogP contribution in [0.2, 0.25) is 0 Å². The van der Waals surface area contributed by atoms with Crippen molar-refractivity contribution in [1.29, 1.82) is 0 Å². The number of hydrogen-bond donors (Lipinski definition) is 1. The highest BCUT2D eigenvalue weighted by molar-refractivity contribution is 7.96. The molecule has 9 heteroatoms. The van der Waals surface area contributed by atoms with E-state index in [2.05, 4.69) is 5.32 Å². The molecule has 0 aromatic heterocycles. The largest absolute Gasteiger partial charge is 0.311 e. The minimum absolute atomic E-state index is 0.119. The molecule has 146 valence electrons. The molecule has 1 fully saturated rings. The van der Waals surface area contributed by atoms with E-state index in [9.17, 15) is 25.6 Å². The van der Waals surface area contributed by atoms with E-state index in [1.54, 1.807) is 18.2 Å². The van der Waals surface area contributed by atoms with Crippen molar-refractivity contribution in [3.63, 3.8) is 0 Å². The molecule has 0 saturated carbocycles. The predicted molar refractivity (Wildman–Crippen MR) is 97.9 cm³/mol. The zero-order valence-electron chi connectivity index (χ0n) is 14.3. The Morgan fingerprint density at radius 2 is 1.67 bits per heavy atom. The standard InChI is InChI=1S/C18H19F2NO4S2/c19-14-5-7-15(8-6-14)27(24,25)18-12-26(22,23)11-17(18)21-10-9-13-3-1-2-4-16(13)20/h1-8,17-18,21H,9-12H2/t17-,18-/m0/s1. The van der Waals surface area contributed by atoms with Crippen LogP contribution in [0.4, 0.5) is 8.78 Å². The molecular formula is C18H19F2NO4S2. The van der Waals surface area contributed by atoms with Crippen LogP contribution in [0, 0.1) is 11.6 Å². The molecule has 1 saturated heterocycles. The van der Waals surface area contributed by atoms with Crippen molar-refractivity contribution in [2.24, 2.45) is 0 Å². The van der Waals surface area contributed by atoms with Crippen molar-refractivity contribution in [3.8, 4) is 0 Å². The highest BCUT2D eigenvalue weighted by Gasteiger charge is 2.45. The average molecular weight is 415 g/mol. The fourth-order valence-corrected chi connectivity index (χ4v) is 7.92. The van der Waals surface area contributed by atoms with Gasteiger partial charge in [-0.25, -0.2) is 25.6 Å². The molecule has 1 aliphatic rings. The van der Waals surface area contributed by atoms with Gasteiger partial charge in [-0.1, -0.05) is 18.2 Å². The molecule has 1 aliphatic heterocycles. The Morgan fingerprint density at radius 1 is 1.00 bits per heavy atom. The van der Waals surface area contributed by atoms with Crippen LogP contribution in [0.5, 0.6) is 0 Å². The Bertz CT molecular complexity index is 1020. The van der Waals surface area contributed by atoms with Crippen LogP contribution in [-0.4, -0.2) is 46.2 Å². The van der Waals surface area contributed by atoms with Gasteiger partial charge in [-0.3, -0.25) is 0 Å². The van der Waals surface area contributed by atoms with Crippen LogP contribution in [0.25, 0.3) is 0 Å². The van der Waals surface area contributed by atoms with E-state index in [1.165, 1.54) is 6.07 Å². The third-order valence-electron chi connectivity index (χ3n) is 4.60. The van der Waals surface area contributed by atoms with E-state index in [-0.39, 0.29) is 23.0 Å². The zero-order valence-corrected chi connectivity index (χ0v) is 15.9. The van der Waals surface area contributed by atoms with Gasteiger partial charge in [0, 0.05) is 6.04 Å². The summed E-state index contributed by atoms with van der Waals surface area (Å²) in [4.78, 5) is -0.119. The van der Waals surface area contributed by atoms with Crippen LogP contribution < -0.4 is 5.32 Å². The summed E-state index contributed by atoms with van der Waals surface area (Å²) in [5, 5.41) is 1.78. The molecule has 27 heavy (non-hydrogen) atoms. The summed E-state index contributed by atoms with van der Waals surface area (Å²) in [5.41, 5.74) is 0.462. The van der Waals surface area contributed by atoms with Gasteiger partial charge < -0.3 is 5.32 Å². The van der Waals surface area contributed by atoms with E-state index < -0.39 is 42.5 Å². The molecule has 2 aromatic rings. The predicted octanol–water partition coefficient (Wildman–Crippen LogP) is 1.74. The minimum atomic E-state index is -3.96. The summed E-state index contributed by atoms with van der Waals surface area (Å²) in [6.45, 7) is 0.233. The fourth-order valence-electron chi connectivity index (χ4n) is 3.20. The van der Waals surface area contributed by atoms with Crippen molar-refractivity contribution in [1.82, 2.24) is 5.32 Å². The molecule has 0 spiro atoms. The number of sulfone groups is 2. The molecule has 1 heterocycles. The van der Waals surface area contributed by atoms with Gasteiger partial charge in [-0.2, -0.15) is 0 Å². The third-order valence-corrected chi connectivity index (χ3v) is 8.77. The lowest BCUT2D eigenvalue weighted by molar-refractivity contribution is 0.523. The maximum Gasteiger partial charge on any atom is 0.183 e. The second-order valence-electron chi connectivity index (χ2n) is 6.52. The van der Waals surface area contributed by atoms with Crippen molar-refractivity contribution in [2.45, 2.75) is 22.6 Å². The first-order chi connectivity index (χ1) is 12.7. The Kier molecular flexibility index (Phi) is 5.64. The van der Waals surface area contributed by atoms with Crippen LogP contribution >= 0.6 is 0 Å². The van der Waals surface area contributed by atoms with Crippen LogP contribution in [0.15, 0.2) is 53.4 Å². The Labute approximate surface area is 157 Å². The summed E-state index contributed by atoms with van der Waals surface area (Å²) in [6.07, 6.45) is 0.298. The first-order valence-electron chi connectivity index (χ1n) is 8.36. The Balaban J connectivity index is 1.77. The van der Waals surface area contributed by atoms with Gasteiger partial charge in [0.1, 0.15) is 11.6 Å². The number of hydrogen-bond acceptors (Lipinski definition) is 5. The first kappa shape index (κ1) is 19.9. The molecule has 0 aliphatic carbocycles. The highest BCUT2D eigenvalue weighted by atomic mass is 32.2. The SMILES string of the molecule is O=S1(=O)C[C@H](NCCc2ccccc2F)[C@@H](S(=O)(=O)c2ccc(F)cc2)C1. The fraction of sp³-hybridized carbons (Fsp3) is 0.333. The van der Waals surface area contributed by atoms with Crippen LogP contribution in [-0.2, 0) is 26.1 Å². The molecule has 1 N–H and O–H groups in total. The molecule has 0 bridgehead atoms. The molecule has 0 radical (unpaired) electrons. The van der Waals surface area contributed by atoms with Crippen LogP contribution in [0.3, 0.4) is 0 Å². The van der Waals surface area contributed by atoms with Gasteiger partial charge in [-0.05, 0) is 48.9 Å². The van der Waals surface area contributed by atoms with Gasteiger partial charge in [0.25, 0.3) is 0 Å². The third kappa shape index (κ3) is 4.53. The summed E-state index contributed by atoms with van der Waals surface area (Å²) in [7, 11) is -7.50. The van der Waals surface area contributed by atoms with E-state index in [4.69, 9.17) is 0 Å². The molecule has 2 atom stereocenters. The number of benzene rings is 2. The van der Waals surface area contributed by atoms with E-state index in [0.29, 0.717) is 12.0 Å². The number of rotatable bonds is 6. The van der Waals surface area contributed by atoms with E-state index in [1.807, 2.05) is 0 Å². The summed E-state index contributed by atoms with van der Waals surface area (Å²) < 4.78 is 76.5. The van der Waals surface area contributed by atoms with E-state index in [0.717, 1.165) is 24.3 Å². The zero-order chi connectivity index (χ0) is 19.7. The monoisotopic (exact) mass is 415 g/mol. The summed E-state index contributed by atoms with van der Waals surface area (Å²) >= 11 is 0. The number of nitrogens with one attached hydrogen (secondary N) is 1. The lowest BCUT2D eigenvalue weighted by Crippen LogP contribution is -2.44. The number of halogens is 2. The second kappa shape index (κ2) is 7.65. The molecule has 0 amide bonds. The summed E-state index contributed by atoms with van der Waals surface area (Å²) in [5.74, 6) is -1.75. The van der Waals surface area contributed by atoms with Crippen molar-refractivity contribution >= 4 is 19.7 Å². The van der Waals surface area contributed by atoms with Gasteiger partial charge in [-0.15, -0.1) is 0 Å². The van der Waals surface area contributed by atoms with Crippen molar-refractivity contribution < 1.29 is 25.6 Å². The molecular weight excluding hydrogens is 396 g/mol. The van der Waals surface area contributed by atoms with Gasteiger partial charge in [0.05, 0.1) is 21.7 Å². The lowest BCUT2D eigenvalue weighted by Gasteiger charge is -2.20. The highest BCUT2D eigenvalue weighted by Crippen LogP contribution is 2.26. The van der Waals surface area contributed by atoms with Crippen LogP contribution in [0.1, 0.15) is 5.56 Å². The normalized spacial score (nSPS) is 22.0. The summed E-state index contributed by atoms with van der Waals surface area (Å²) in [6, 6.07) is 9.72. The van der Waals surface area contributed by atoms with Gasteiger partial charge in [0.2, 0.25) is 0 Å². The molecule has 3 rings (SSSR count). The lowest BCUT2D eigenvalue weighted by atomic mass is 10.1.